The van der Waals surface area contributed by atoms with Crippen molar-refractivity contribution in [2.24, 2.45) is 0 Å². The molecule has 0 bridgehead atoms. The Balaban J connectivity index is 1.47. The van der Waals surface area contributed by atoms with Gasteiger partial charge in [-0.2, -0.15) is 0 Å². The van der Waals surface area contributed by atoms with Crippen molar-refractivity contribution in [2.45, 2.75) is 31.7 Å². The van der Waals surface area contributed by atoms with E-state index in [-0.39, 0.29) is 11.7 Å². The first-order valence-corrected chi connectivity index (χ1v) is 9.76. The van der Waals surface area contributed by atoms with E-state index in [1.807, 2.05) is 6.07 Å². The van der Waals surface area contributed by atoms with Gasteiger partial charge in [-0.05, 0) is 25.0 Å². The van der Waals surface area contributed by atoms with Gasteiger partial charge in [0.05, 0.1) is 0 Å². The molecule has 7 nitrogen and oxygen atoms in total. The second kappa shape index (κ2) is 8.96. The fourth-order valence-corrected chi connectivity index (χ4v) is 3.76. The molecule has 1 aromatic heterocycles. The summed E-state index contributed by atoms with van der Waals surface area (Å²) in [7, 11) is 0. The van der Waals surface area contributed by atoms with Crippen LogP contribution in [0.5, 0.6) is 0 Å². The fourth-order valence-electron chi connectivity index (χ4n) is 2.78. The lowest BCUT2D eigenvalue weighted by atomic mass is 10.2. The number of urea groups is 1. The van der Waals surface area contributed by atoms with E-state index in [9.17, 15) is 14.4 Å². The van der Waals surface area contributed by atoms with Gasteiger partial charge in [0.1, 0.15) is 5.01 Å². The van der Waals surface area contributed by atoms with Gasteiger partial charge in [0, 0.05) is 22.0 Å². The molecule has 2 aromatic rings. The third-order valence-corrected chi connectivity index (χ3v) is 5.19. The second-order valence-electron chi connectivity index (χ2n) is 6.13. The average Bonchev–Trinajstić information content (AvgIpc) is 3.31. The van der Waals surface area contributed by atoms with E-state index in [0.717, 1.165) is 31.2 Å². The maximum Gasteiger partial charge on any atom is 0.358 e. The van der Waals surface area contributed by atoms with Gasteiger partial charge < -0.3 is 10.1 Å². The summed E-state index contributed by atoms with van der Waals surface area (Å²) in [6, 6.07) is 6.63. The van der Waals surface area contributed by atoms with E-state index in [0.29, 0.717) is 10.0 Å². The lowest BCUT2D eigenvalue weighted by Crippen LogP contribution is -2.45. The number of hydrogen-bond donors (Lipinski definition) is 2. The number of imide groups is 1. The molecule has 142 valence electrons. The summed E-state index contributed by atoms with van der Waals surface area (Å²) in [6.07, 6.45) is 3.97. The number of thiazole rings is 1. The number of rotatable bonds is 5. The highest BCUT2D eigenvalue weighted by atomic mass is 35.5. The van der Waals surface area contributed by atoms with Crippen molar-refractivity contribution in [3.8, 4) is 10.6 Å². The number of nitrogens with zero attached hydrogens (tertiary/aromatic N) is 1. The summed E-state index contributed by atoms with van der Waals surface area (Å²) in [4.78, 5) is 39.7. The lowest BCUT2D eigenvalue weighted by Gasteiger charge is -2.12. The van der Waals surface area contributed by atoms with Crippen molar-refractivity contribution < 1.29 is 19.1 Å². The molecule has 0 unspecified atom stereocenters. The zero-order valence-electron chi connectivity index (χ0n) is 14.4. The van der Waals surface area contributed by atoms with E-state index in [4.69, 9.17) is 16.3 Å². The molecule has 1 aliphatic carbocycles. The summed E-state index contributed by atoms with van der Waals surface area (Å²) < 4.78 is 4.92. The lowest BCUT2D eigenvalue weighted by molar-refractivity contribution is -0.123. The largest absolute Gasteiger partial charge is 0.451 e. The van der Waals surface area contributed by atoms with Gasteiger partial charge in [-0.3, -0.25) is 10.1 Å². The molecule has 1 heterocycles. The van der Waals surface area contributed by atoms with Gasteiger partial charge in [0.25, 0.3) is 5.91 Å². The third kappa shape index (κ3) is 5.51. The number of hydrogen-bond acceptors (Lipinski definition) is 6. The molecule has 0 aliphatic heterocycles. The second-order valence-corrected chi connectivity index (χ2v) is 7.42. The smallest absolute Gasteiger partial charge is 0.358 e. The fraction of sp³-hybridized carbons (Fsp3) is 0.333. The Hall–Kier alpha value is -2.45. The minimum Gasteiger partial charge on any atom is -0.451 e. The minimum absolute atomic E-state index is 0.0955. The molecule has 0 atom stereocenters. The van der Waals surface area contributed by atoms with E-state index in [1.165, 1.54) is 11.3 Å². The number of aromatic nitrogens is 1. The van der Waals surface area contributed by atoms with Crippen molar-refractivity contribution in [3.63, 3.8) is 0 Å². The first-order valence-electron chi connectivity index (χ1n) is 8.50. The third-order valence-electron chi connectivity index (χ3n) is 4.06. The zero-order valence-corrected chi connectivity index (χ0v) is 15.9. The molecule has 0 saturated heterocycles. The molecule has 1 fully saturated rings. The SMILES string of the molecule is O=C(COC(=O)c1csc(-c2cccc(Cl)c2)n1)NC(=O)NC1CCCC1. The van der Waals surface area contributed by atoms with Crippen LogP contribution in [0.25, 0.3) is 10.6 Å². The Morgan fingerprint density at radius 2 is 2.04 bits per heavy atom. The van der Waals surface area contributed by atoms with Crippen LogP contribution in [0.1, 0.15) is 36.2 Å². The molecule has 0 spiro atoms. The van der Waals surface area contributed by atoms with Gasteiger partial charge >= 0.3 is 12.0 Å². The topological polar surface area (TPSA) is 97.4 Å². The number of carbonyl (C=O) groups is 3. The Labute approximate surface area is 165 Å². The van der Waals surface area contributed by atoms with Crippen LogP contribution in [0.4, 0.5) is 4.79 Å². The molecule has 0 radical (unpaired) electrons. The molecule has 1 saturated carbocycles. The molecule has 27 heavy (non-hydrogen) atoms. The number of carbonyl (C=O) groups excluding carboxylic acids is 3. The van der Waals surface area contributed by atoms with Crippen LogP contribution < -0.4 is 10.6 Å². The summed E-state index contributed by atoms with van der Waals surface area (Å²) in [5.74, 6) is -1.42. The Kier molecular flexibility index (Phi) is 6.41. The number of amides is 3. The van der Waals surface area contributed by atoms with Crippen LogP contribution >= 0.6 is 22.9 Å². The van der Waals surface area contributed by atoms with Crippen molar-refractivity contribution in [2.75, 3.05) is 6.61 Å². The average molecular weight is 408 g/mol. The maximum absolute atomic E-state index is 12.0. The zero-order chi connectivity index (χ0) is 19.2. The molecule has 3 amide bonds. The van der Waals surface area contributed by atoms with Crippen LogP contribution in [-0.2, 0) is 9.53 Å². The molecule has 2 N–H and O–H groups in total. The standard InChI is InChI=1S/C18H18ClN3O4S/c19-12-5-3-4-11(8-12)16-21-14(10-27-16)17(24)26-9-15(23)22-18(25)20-13-6-1-2-7-13/h3-5,8,10,13H,1-2,6-7,9H2,(H2,20,22,23,25). The first-order chi connectivity index (χ1) is 13.0. The Bertz CT molecular complexity index is 849. The van der Waals surface area contributed by atoms with Crippen molar-refractivity contribution >= 4 is 40.8 Å². The van der Waals surface area contributed by atoms with Gasteiger partial charge in [-0.1, -0.05) is 36.6 Å². The maximum atomic E-state index is 12.0. The molecular formula is C18H18ClN3O4S. The van der Waals surface area contributed by atoms with Crippen molar-refractivity contribution in [1.82, 2.24) is 15.6 Å². The Morgan fingerprint density at radius 3 is 2.78 bits per heavy atom. The van der Waals surface area contributed by atoms with E-state index in [2.05, 4.69) is 15.6 Å². The van der Waals surface area contributed by atoms with E-state index >= 15 is 0 Å². The van der Waals surface area contributed by atoms with Gasteiger partial charge in [0.15, 0.2) is 12.3 Å². The summed E-state index contributed by atoms with van der Waals surface area (Å²) in [5.41, 5.74) is 0.881. The number of esters is 1. The quantitative estimate of drug-likeness (QED) is 0.740. The minimum atomic E-state index is -0.731. The summed E-state index contributed by atoms with van der Waals surface area (Å²) >= 11 is 7.22. The summed E-state index contributed by atoms with van der Waals surface area (Å²) in [6.45, 7) is -0.555. The van der Waals surface area contributed by atoms with Gasteiger partial charge in [-0.25, -0.2) is 14.6 Å². The van der Waals surface area contributed by atoms with Crippen LogP contribution in [0, 0.1) is 0 Å². The van der Waals surface area contributed by atoms with Gasteiger partial charge in [-0.15, -0.1) is 11.3 Å². The number of ether oxygens (including phenoxy) is 1. The molecule has 9 heteroatoms. The predicted molar refractivity (Wildman–Crippen MR) is 102 cm³/mol. The molecule has 3 rings (SSSR count). The normalized spacial score (nSPS) is 14.0. The molecule has 1 aromatic carbocycles. The number of halogens is 1. The van der Waals surface area contributed by atoms with Crippen molar-refractivity contribution in [3.05, 3.63) is 40.4 Å². The summed E-state index contributed by atoms with van der Waals surface area (Å²) in [5, 5.41) is 7.60. The molecular weight excluding hydrogens is 390 g/mol. The van der Waals surface area contributed by atoms with Crippen LogP contribution in [0.15, 0.2) is 29.6 Å². The highest BCUT2D eigenvalue weighted by molar-refractivity contribution is 7.13. The van der Waals surface area contributed by atoms with Crippen molar-refractivity contribution in [1.29, 1.82) is 0 Å². The van der Waals surface area contributed by atoms with E-state index in [1.54, 1.807) is 23.6 Å². The molecule has 1 aliphatic rings. The first kappa shape index (κ1) is 19.3. The van der Waals surface area contributed by atoms with Crippen LogP contribution in [-0.4, -0.2) is 35.5 Å². The van der Waals surface area contributed by atoms with Crippen LogP contribution in [0.2, 0.25) is 5.02 Å². The predicted octanol–water partition coefficient (Wildman–Crippen LogP) is 3.39. The number of benzene rings is 1. The number of nitrogens with one attached hydrogen (secondary N) is 2. The van der Waals surface area contributed by atoms with Gasteiger partial charge in [0.2, 0.25) is 0 Å². The monoisotopic (exact) mass is 407 g/mol. The highest BCUT2D eigenvalue weighted by Crippen LogP contribution is 2.26. The van der Waals surface area contributed by atoms with Crippen LogP contribution in [0.3, 0.4) is 0 Å². The Morgan fingerprint density at radius 1 is 1.26 bits per heavy atom. The van der Waals surface area contributed by atoms with E-state index < -0.39 is 24.5 Å². The highest BCUT2D eigenvalue weighted by Gasteiger charge is 2.19.